The first-order chi connectivity index (χ1) is 13.7. The first-order valence-corrected chi connectivity index (χ1v) is 9.23. The molecule has 0 spiro atoms. The molecule has 1 aromatic heterocycles. The molecule has 2 heterocycles. The zero-order valence-corrected chi connectivity index (χ0v) is 16.0. The summed E-state index contributed by atoms with van der Waals surface area (Å²) in [7, 11) is 0. The molecule has 6 nitrogen and oxygen atoms in total. The Morgan fingerprint density at radius 3 is 2.41 bits per heavy atom. The van der Waals surface area contributed by atoms with Gasteiger partial charge in [-0.25, -0.2) is 4.98 Å². The van der Waals surface area contributed by atoms with E-state index >= 15 is 0 Å². The Morgan fingerprint density at radius 1 is 1.17 bits per heavy atom. The van der Waals surface area contributed by atoms with Crippen molar-refractivity contribution in [2.45, 2.75) is 6.18 Å². The number of rotatable bonds is 5. The minimum Gasteiger partial charge on any atom is -0.348 e. The van der Waals surface area contributed by atoms with Crippen LogP contribution in [0.3, 0.4) is 0 Å². The molecule has 29 heavy (non-hydrogen) atoms. The molecule has 1 aliphatic rings. The predicted octanol–water partition coefficient (Wildman–Crippen LogP) is 4.50. The van der Waals surface area contributed by atoms with Gasteiger partial charge in [0, 0.05) is 45.0 Å². The van der Waals surface area contributed by atoms with Crippen LogP contribution in [0.5, 0.6) is 0 Å². The number of anilines is 1. The zero-order chi connectivity index (χ0) is 21.0. The molecule has 0 aliphatic carbocycles. The van der Waals surface area contributed by atoms with E-state index in [-0.39, 0.29) is 10.7 Å². The van der Waals surface area contributed by atoms with Gasteiger partial charge < -0.3 is 4.90 Å². The Bertz CT molecular complexity index is 895. The van der Waals surface area contributed by atoms with Crippen molar-refractivity contribution in [3.8, 4) is 0 Å². The van der Waals surface area contributed by atoms with Crippen molar-refractivity contribution in [1.29, 1.82) is 0 Å². The summed E-state index contributed by atoms with van der Waals surface area (Å²) in [5.41, 5.74) is -0.0959. The summed E-state index contributed by atoms with van der Waals surface area (Å²) in [6.45, 7) is 3.13. The lowest BCUT2D eigenvalue weighted by Gasteiger charge is -2.34. The summed E-state index contributed by atoms with van der Waals surface area (Å²) in [5, 5.41) is 11.4. The second-order valence-electron chi connectivity index (χ2n) is 6.56. The maximum atomic E-state index is 12.6. The van der Waals surface area contributed by atoms with Crippen LogP contribution >= 0.6 is 11.6 Å². The Labute approximate surface area is 170 Å². The monoisotopic (exact) mass is 426 g/mol. The van der Waals surface area contributed by atoms with Gasteiger partial charge in [0.15, 0.2) is 0 Å². The zero-order valence-electron chi connectivity index (χ0n) is 15.3. The molecule has 1 aromatic carbocycles. The number of aromatic nitrogens is 1. The molecule has 2 aromatic rings. The lowest BCUT2D eigenvalue weighted by Crippen LogP contribution is -2.46. The van der Waals surface area contributed by atoms with E-state index in [1.165, 1.54) is 24.4 Å². The summed E-state index contributed by atoms with van der Waals surface area (Å²) in [4.78, 5) is 18.9. The summed E-state index contributed by atoms with van der Waals surface area (Å²) >= 11 is 5.80. The van der Waals surface area contributed by atoms with Crippen molar-refractivity contribution in [2.75, 3.05) is 37.6 Å². The molecule has 10 heteroatoms. The molecular formula is C19H18ClF3N4O2. The van der Waals surface area contributed by atoms with E-state index in [0.29, 0.717) is 44.1 Å². The lowest BCUT2D eigenvalue weighted by molar-refractivity contribution is -0.384. The predicted molar refractivity (Wildman–Crippen MR) is 105 cm³/mol. The molecule has 0 unspecified atom stereocenters. The van der Waals surface area contributed by atoms with Gasteiger partial charge in [0.2, 0.25) is 5.82 Å². The van der Waals surface area contributed by atoms with Crippen LogP contribution in [0.2, 0.25) is 5.02 Å². The minimum absolute atomic E-state index is 0.117. The summed E-state index contributed by atoms with van der Waals surface area (Å²) in [6, 6.07) is 6.28. The third-order valence-electron chi connectivity index (χ3n) is 4.59. The van der Waals surface area contributed by atoms with E-state index in [1.807, 2.05) is 11.0 Å². The van der Waals surface area contributed by atoms with Crippen molar-refractivity contribution in [3.63, 3.8) is 0 Å². The molecular weight excluding hydrogens is 409 g/mol. The van der Waals surface area contributed by atoms with Crippen molar-refractivity contribution < 1.29 is 18.1 Å². The minimum atomic E-state index is -4.34. The molecule has 1 saturated heterocycles. The normalized spacial score (nSPS) is 15.8. The van der Waals surface area contributed by atoms with Crippen LogP contribution in [-0.2, 0) is 6.18 Å². The third-order valence-corrected chi connectivity index (χ3v) is 4.80. The van der Waals surface area contributed by atoms with E-state index in [9.17, 15) is 23.3 Å². The Balaban J connectivity index is 1.54. The van der Waals surface area contributed by atoms with Crippen molar-refractivity contribution in [3.05, 3.63) is 68.9 Å². The van der Waals surface area contributed by atoms with Crippen LogP contribution in [0.15, 0.2) is 42.6 Å². The molecule has 1 aliphatic heterocycles. The Kier molecular flexibility index (Phi) is 6.39. The van der Waals surface area contributed by atoms with Gasteiger partial charge in [0.05, 0.1) is 15.5 Å². The van der Waals surface area contributed by atoms with Crippen LogP contribution in [0.4, 0.5) is 24.7 Å². The molecule has 1 fully saturated rings. The fraction of sp³-hybridized carbons (Fsp3) is 0.316. The summed E-state index contributed by atoms with van der Waals surface area (Å²) < 4.78 is 37.7. The van der Waals surface area contributed by atoms with Gasteiger partial charge in [-0.15, -0.1) is 0 Å². The molecule has 0 radical (unpaired) electrons. The van der Waals surface area contributed by atoms with E-state index in [0.717, 1.165) is 12.1 Å². The number of nitrogens with zero attached hydrogens (tertiary/aromatic N) is 4. The van der Waals surface area contributed by atoms with Gasteiger partial charge in [0.25, 0.3) is 0 Å². The highest BCUT2D eigenvalue weighted by atomic mass is 35.5. The lowest BCUT2D eigenvalue weighted by atomic mass is 10.1. The van der Waals surface area contributed by atoms with Gasteiger partial charge >= 0.3 is 11.9 Å². The molecule has 0 N–H and O–H groups in total. The first-order valence-electron chi connectivity index (χ1n) is 8.85. The molecule has 0 saturated carbocycles. The van der Waals surface area contributed by atoms with E-state index in [1.54, 1.807) is 6.08 Å². The standard InChI is InChI=1S/C19H18ClF3N4O2/c20-16-12-17(27(28)29)18(24-13-16)26-10-8-25(9-11-26)7-1-2-14-3-5-15(6-4-14)19(21,22)23/h1-6,12-13H,7-11H2. The fourth-order valence-electron chi connectivity index (χ4n) is 3.06. The van der Waals surface area contributed by atoms with Gasteiger partial charge in [0.1, 0.15) is 0 Å². The van der Waals surface area contributed by atoms with Crippen LogP contribution in [0.1, 0.15) is 11.1 Å². The second kappa shape index (κ2) is 8.79. The van der Waals surface area contributed by atoms with E-state index in [2.05, 4.69) is 9.88 Å². The molecule has 154 valence electrons. The summed E-state index contributed by atoms with van der Waals surface area (Å²) in [5.74, 6) is 0.305. The highest BCUT2D eigenvalue weighted by molar-refractivity contribution is 6.30. The number of pyridine rings is 1. The Hall–Kier alpha value is -2.65. The molecule has 0 bridgehead atoms. The fourth-order valence-corrected chi connectivity index (χ4v) is 3.21. The maximum absolute atomic E-state index is 12.6. The van der Waals surface area contributed by atoms with E-state index < -0.39 is 16.7 Å². The largest absolute Gasteiger partial charge is 0.416 e. The molecule has 3 rings (SSSR count). The second-order valence-corrected chi connectivity index (χ2v) is 7.00. The number of alkyl halides is 3. The van der Waals surface area contributed by atoms with Crippen LogP contribution in [0.25, 0.3) is 6.08 Å². The number of hydrogen-bond acceptors (Lipinski definition) is 5. The average molecular weight is 427 g/mol. The smallest absolute Gasteiger partial charge is 0.348 e. The third kappa shape index (κ3) is 5.45. The van der Waals surface area contributed by atoms with Crippen LogP contribution < -0.4 is 4.90 Å². The molecule has 0 atom stereocenters. The van der Waals surface area contributed by atoms with E-state index in [4.69, 9.17) is 11.6 Å². The number of piperazine rings is 1. The number of nitro groups is 1. The highest BCUT2D eigenvalue weighted by Crippen LogP contribution is 2.30. The van der Waals surface area contributed by atoms with Gasteiger partial charge in [-0.05, 0) is 17.7 Å². The topological polar surface area (TPSA) is 62.5 Å². The number of benzene rings is 1. The van der Waals surface area contributed by atoms with Crippen molar-refractivity contribution in [1.82, 2.24) is 9.88 Å². The van der Waals surface area contributed by atoms with Gasteiger partial charge in [-0.2, -0.15) is 13.2 Å². The van der Waals surface area contributed by atoms with Crippen LogP contribution in [0, 0.1) is 10.1 Å². The molecule has 0 amide bonds. The summed E-state index contributed by atoms with van der Waals surface area (Å²) in [6.07, 6.45) is 0.721. The maximum Gasteiger partial charge on any atom is 0.416 e. The van der Waals surface area contributed by atoms with Gasteiger partial charge in [-0.1, -0.05) is 35.9 Å². The average Bonchev–Trinajstić information content (AvgIpc) is 2.68. The van der Waals surface area contributed by atoms with Crippen LogP contribution in [-0.4, -0.2) is 47.5 Å². The number of halogens is 4. The SMILES string of the molecule is O=[N+]([O-])c1cc(Cl)cnc1N1CCN(CC=Cc2ccc(C(F)(F)F)cc2)CC1. The van der Waals surface area contributed by atoms with Gasteiger partial charge in [-0.3, -0.25) is 15.0 Å². The Morgan fingerprint density at radius 2 is 1.83 bits per heavy atom. The number of hydrogen-bond donors (Lipinski definition) is 0. The van der Waals surface area contributed by atoms with Crippen molar-refractivity contribution >= 4 is 29.2 Å². The quantitative estimate of drug-likeness (QED) is 0.520. The van der Waals surface area contributed by atoms with Crippen molar-refractivity contribution in [2.24, 2.45) is 0 Å². The first kappa shape index (κ1) is 21.1. The highest BCUT2D eigenvalue weighted by Gasteiger charge is 2.29.